The first kappa shape index (κ1) is 17.4. The SMILES string of the molecule is CC(C)=O.ClC(Cl)(Cl)Cl.c1ccccc1. The Morgan fingerprint density at radius 1 is 0.800 bits per heavy atom. The first-order valence-corrected chi connectivity index (χ1v) is 5.47. The summed E-state index contributed by atoms with van der Waals surface area (Å²) in [5.41, 5.74) is 0. The van der Waals surface area contributed by atoms with Crippen LogP contribution < -0.4 is 0 Å². The predicted octanol–water partition coefficient (Wildman–Crippen LogP) is 4.83. The maximum atomic E-state index is 9.44. The summed E-state index contributed by atoms with van der Waals surface area (Å²) < 4.78 is -1.61. The molecule has 0 amide bonds. The molecule has 15 heavy (non-hydrogen) atoms. The van der Waals surface area contributed by atoms with Crippen molar-refractivity contribution in [1.29, 1.82) is 0 Å². The lowest BCUT2D eigenvalue weighted by Crippen LogP contribution is -1.81. The van der Waals surface area contributed by atoms with Gasteiger partial charge in [0.2, 0.25) is 0 Å². The van der Waals surface area contributed by atoms with Crippen molar-refractivity contribution in [3.8, 4) is 0 Å². The van der Waals surface area contributed by atoms with E-state index in [2.05, 4.69) is 0 Å². The van der Waals surface area contributed by atoms with Crippen LogP contribution in [0.4, 0.5) is 0 Å². The van der Waals surface area contributed by atoms with Crippen LogP contribution in [-0.2, 0) is 4.79 Å². The zero-order valence-corrected chi connectivity index (χ0v) is 11.4. The summed E-state index contributed by atoms with van der Waals surface area (Å²) in [5.74, 6) is 0.167. The Balaban J connectivity index is 0. The third-order valence-electron chi connectivity index (χ3n) is 0.667. The van der Waals surface area contributed by atoms with Gasteiger partial charge in [-0.3, -0.25) is 0 Å². The highest BCUT2D eigenvalue weighted by Gasteiger charge is 2.11. The Bertz CT molecular complexity index is 207. The largest absolute Gasteiger partial charge is 0.300 e. The van der Waals surface area contributed by atoms with Gasteiger partial charge in [-0.2, -0.15) is 0 Å². The number of carbonyl (C=O) groups excluding carboxylic acids is 1. The number of hydrogen-bond acceptors (Lipinski definition) is 1. The Morgan fingerprint density at radius 3 is 0.933 bits per heavy atom. The van der Waals surface area contributed by atoms with Crippen molar-refractivity contribution < 1.29 is 4.79 Å². The average molecular weight is 290 g/mol. The van der Waals surface area contributed by atoms with E-state index < -0.39 is 3.25 Å². The molecule has 0 spiro atoms. The van der Waals surface area contributed by atoms with E-state index in [1.807, 2.05) is 36.4 Å². The van der Waals surface area contributed by atoms with E-state index >= 15 is 0 Å². The molecule has 0 fully saturated rings. The molecule has 1 nitrogen and oxygen atoms in total. The van der Waals surface area contributed by atoms with Crippen molar-refractivity contribution in [1.82, 2.24) is 0 Å². The molecule has 1 aromatic carbocycles. The van der Waals surface area contributed by atoms with E-state index in [1.165, 1.54) is 13.8 Å². The second-order valence-electron chi connectivity index (χ2n) is 2.49. The topological polar surface area (TPSA) is 17.1 Å². The van der Waals surface area contributed by atoms with Crippen LogP contribution in [0.1, 0.15) is 13.8 Å². The smallest absolute Gasteiger partial charge is 0.266 e. The Kier molecular flexibility index (Phi) is 12.3. The summed E-state index contributed by atoms with van der Waals surface area (Å²) in [5, 5.41) is 0. The van der Waals surface area contributed by atoms with Crippen molar-refractivity contribution in [2.24, 2.45) is 0 Å². The second-order valence-corrected chi connectivity index (χ2v) is 5.92. The molecule has 1 aromatic rings. The highest BCUT2D eigenvalue weighted by atomic mass is 35.6. The number of Topliss-reactive ketones (excluding diaryl/α,β-unsaturated/α-hetero) is 1. The minimum Gasteiger partial charge on any atom is -0.300 e. The summed E-state index contributed by atoms with van der Waals surface area (Å²) in [6.45, 7) is 3.06. The van der Waals surface area contributed by atoms with Crippen molar-refractivity contribution in [2.45, 2.75) is 17.1 Å². The molecular weight excluding hydrogens is 278 g/mol. The molecule has 0 saturated carbocycles. The van der Waals surface area contributed by atoms with Crippen molar-refractivity contribution in [3.63, 3.8) is 0 Å². The van der Waals surface area contributed by atoms with E-state index in [9.17, 15) is 4.79 Å². The van der Waals surface area contributed by atoms with E-state index in [4.69, 9.17) is 46.4 Å². The Hall–Kier alpha value is 0.0500. The second kappa shape index (κ2) is 10.6. The molecule has 0 atom stereocenters. The molecule has 5 heteroatoms. The van der Waals surface area contributed by atoms with Gasteiger partial charge in [-0.1, -0.05) is 82.8 Å². The maximum absolute atomic E-state index is 9.44. The van der Waals surface area contributed by atoms with Crippen LogP contribution in [0.5, 0.6) is 0 Å². The van der Waals surface area contributed by atoms with Gasteiger partial charge >= 0.3 is 0 Å². The number of alkyl halides is 4. The van der Waals surface area contributed by atoms with Crippen LogP contribution in [0.25, 0.3) is 0 Å². The standard InChI is InChI=1S/C6H6.C3H6O.CCl4/c1-2-4-6-5-3-1;1-3(2)4;2-1(3,4)5/h1-6H;1-2H3;. The maximum Gasteiger partial charge on any atom is 0.266 e. The Labute approximate surface area is 110 Å². The molecule has 0 heterocycles. The molecular formula is C10H12Cl4O. The number of benzene rings is 1. The van der Waals surface area contributed by atoms with E-state index in [0.29, 0.717) is 0 Å². The third kappa shape index (κ3) is 55.7. The third-order valence-corrected chi connectivity index (χ3v) is 0.667. The number of hydrogen-bond donors (Lipinski definition) is 0. The summed E-state index contributed by atoms with van der Waals surface area (Å²) in [6, 6.07) is 12.0. The van der Waals surface area contributed by atoms with E-state index in [0.717, 1.165) is 0 Å². The number of carbonyl (C=O) groups is 1. The molecule has 0 aliphatic carbocycles. The zero-order chi connectivity index (χ0) is 12.3. The number of ketones is 1. The molecule has 0 saturated heterocycles. The summed E-state index contributed by atoms with van der Waals surface area (Å²) in [7, 11) is 0. The predicted molar refractivity (Wildman–Crippen MR) is 68.9 cm³/mol. The molecule has 0 aliphatic heterocycles. The fourth-order valence-electron chi connectivity index (χ4n) is 0.385. The summed E-state index contributed by atoms with van der Waals surface area (Å²) in [4.78, 5) is 9.44. The molecule has 0 N–H and O–H groups in total. The van der Waals surface area contributed by atoms with E-state index in [1.54, 1.807) is 0 Å². The molecule has 0 unspecified atom stereocenters. The van der Waals surface area contributed by atoms with Gasteiger partial charge in [0.1, 0.15) is 5.78 Å². The van der Waals surface area contributed by atoms with Crippen molar-refractivity contribution >= 4 is 52.2 Å². The highest BCUT2D eigenvalue weighted by molar-refractivity contribution is 6.83. The van der Waals surface area contributed by atoms with Gasteiger partial charge < -0.3 is 4.79 Å². The lowest BCUT2D eigenvalue weighted by molar-refractivity contribution is -0.114. The van der Waals surface area contributed by atoms with E-state index in [-0.39, 0.29) is 5.78 Å². The molecule has 0 bridgehead atoms. The lowest BCUT2D eigenvalue weighted by atomic mass is 10.4. The van der Waals surface area contributed by atoms with Crippen LogP contribution >= 0.6 is 46.4 Å². The van der Waals surface area contributed by atoms with Crippen LogP contribution in [-0.4, -0.2) is 9.03 Å². The van der Waals surface area contributed by atoms with Gasteiger partial charge in [0.25, 0.3) is 3.25 Å². The normalized spacial score (nSPS) is 8.93. The highest BCUT2D eigenvalue weighted by Crippen LogP contribution is 2.29. The summed E-state index contributed by atoms with van der Waals surface area (Å²) >= 11 is 19.3. The van der Waals surface area contributed by atoms with Crippen LogP contribution in [0.2, 0.25) is 0 Å². The fraction of sp³-hybridized carbons (Fsp3) is 0.300. The van der Waals surface area contributed by atoms with Gasteiger partial charge in [-0.05, 0) is 13.8 Å². The minimum absolute atomic E-state index is 0.167. The van der Waals surface area contributed by atoms with Gasteiger partial charge in [-0.15, -0.1) is 0 Å². The van der Waals surface area contributed by atoms with Crippen molar-refractivity contribution in [3.05, 3.63) is 36.4 Å². The number of halogens is 4. The average Bonchev–Trinajstić information content (AvgIpc) is 2.03. The molecule has 0 aromatic heterocycles. The first-order chi connectivity index (χ1) is 6.73. The quantitative estimate of drug-likeness (QED) is 0.625. The van der Waals surface area contributed by atoms with Gasteiger partial charge in [-0.25, -0.2) is 0 Å². The van der Waals surface area contributed by atoms with Crippen LogP contribution in [0.3, 0.4) is 0 Å². The minimum atomic E-state index is -1.61. The lowest BCUT2D eigenvalue weighted by Gasteiger charge is -1.91. The molecule has 1 rings (SSSR count). The van der Waals surface area contributed by atoms with Gasteiger partial charge in [0, 0.05) is 0 Å². The number of rotatable bonds is 0. The molecule has 0 aliphatic rings. The monoisotopic (exact) mass is 288 g/mol. The van der Waals surface area contributed by atoms with Gasteiger partial charge in [0.15, 0.2) is 0 Å². The van der Waals surface area contributed by atoms with Crippen LogP contribution in [0, 0.1) is 0 Å². The summed E-state index contributed by atoms with van der Waals surface area (Å²) in [6.07, 6.45) is 0. The van der Waals surface area contributed by atoms with Gasteiger partial charge in [0.05, 0.1) is 0 Å². The van der Waals surface area contributed by atoms with Crippen LogP contribution in [0.15, 0.2) is 36.4 Å². The Morgan fingerprint density at radius 2 is 0.867 bits per heavy atom. The zero-order valence-electron chi connectivity index (χ0n) is 8.38. The van der Waals surface area contributed by atoms with Crippen molar-refractivity contribution in [2.75, 3.05) is 0 Å². The first-order valence-electron chi connectivity index (χ1n) is 3.96. The molecule has 86 valence electrons. The fourth-order valence-corrected chi connectivity index (χ4v) is 0.385. The molecule has 0 radical (unpaired) electrons.